The second-order valence-corrected chi connectivity index (χ2v) is 4.31. The third-order valence-corrected chi connectivity index (χ3v) is 2.66. The van der Waals surface area contributed by atoms with Gasteiger partial charge in [0.2, 0.25) is 5.91 Å². The molecule has 20 heavy (non-hydrogen) atoms. The lowest BCUT2D eigenvalue weighted by Gasteiger charge is -2.17. The fraction of sp³-hybridized carbons (Fsp3) is 0.357. The number of anilines is 1. The van der Waals surface area contributed by atoms with E-state index >= 15 is 0 Å². The zero-order valence-corrected chi connectivity index (χ0v) is 11.8. The molecule has 0 aromatic heterocycles. The molecule has 0 saturated carbocycles. The van der Waals surface area contributed by atoms with Crippen LogP contribution >= 0.6 is 0 Å². The molecule has 0 unspecified atom stereocenters. The highest BCUT2D eigenvalue weighted by atomic mass is 16.5. The molecule has 1 rings (SSSR count). The van der Waals surface area contributed by atoms with Gasteiger partial charge >= 0.3 is 5.97 Å². The summed E-state index contributed by atoms with van der Waals surface area (Å²) in [6, 6.07) is 6.64. The van der Waals surface area contributed by atoms with Gasteiger partial charge in [0.25, 0.3) is 5.91 Å². The van der Waals surface area contributed by atoms with Crippen LogP contribution in [0.1, 0.15) is 23.7 Å². The summed E-state index contributed by atoms with van der Waals surface area (Å²) in [6.07, 6.45) is 0.143. The Bertz CT molecular complexity index is 514. The van der Waals surface area contributed by atoms with Gasteiger partial charge in [-0.25, -0.2) is 0 Å². The van der Waals surface area contributed by atoms with Gasteiger partial charge in [-0.3, -0.25) is 14.4 Å². The number of carbonyl (C=O) groups is 3. The van der Waals surface area contributed by atoms with E-state index in [1.165, 1.54) is 18.9 Å². The summed E-state index contributed by atoms with van der Waals surface area (Å²) in [5, 5.41) is 2.61. The smallest absolute Gasteiger partial charge is 0.307 e. The Morgan fingerprint density at radius 3 is 2.60 bits per heavy atom. The number of benzene rings is 1. The molecule has 0 fully saturated rings. The van der Waals surface area contributed by atoms with E-state index < -0.39 is 0 Å². The highest BCUT2D eigenvalue weighted by Gasteiger charge is 2.13. The normalized spacial score (nSPS) is 9.75. The number of carbonyl (C=O) groups excluding carboxylic acids is 3. The van der Waals surface area contributed by atoms with Crippen LogP contribution in [0.3, 0.4) is 0 Å². The van der Waals surface area contributed by atoms with Gasteiger partial charge in [0.05, 0.1) is 13.5 Å². The molecule has 108 valence electrons. The van der Waals surface area contributed by atoms with Crippen LogP contribution in [0.15, 0.2) is 24.3 Å². The van der Waals surface area contributed by atoms with Crippen molar-refractivity contribution in [2.24, 2.45) is 0 Å². The summed E-state index contributed by atoms with van der Waals surface area (Å²) >= 11 is 0. The molecule has 0 aliphatic rings. The van der Waals surface area contributed by atoms with Gasteiger partial charge in [-0.15, -0.1) is 0 Å². The zero-order valence-electron chi connectivity index (χ0n) is 11.8. The lowest BCUT2D eigenvalue weighted by molar-refractivity contribution is -0.140. The molecule has 2 amide bonds. The highest BCUT2D eigenvalue weighted by molar-refractivity contribution is 5.96. The quantitative estimate of drug-likeness (QED) is 0.823. The van der Waals surface area contributed by atoms with Crippen molar-refractivity contribution in [3.8, 4) is 0 Å². The maximum atomic E-state index is 12.1. The highest BCUT2D eigenvalue weighted by Crippen LogP contribution is 2.12. The second kappa shape index (κ2) is 7.28. The van der Waals surface area contributed by atoms with E-state index in [1.54, 1.807) is 31.3 Å². The van der Waals surface area contributed by atoms with Gasteiger partial charge in [0.1, 0.15) is 0 Å². The van der Waals surface area contributed by atoms with Crippen molar-refractivity contribution in [2.75, 3.05) is 26.0 Å². The topological polar surface area (TPSA) is 75.7 Å². The number of hydrogen-bond donors (Lipinski definition) is 1. The first-order chi connectivity index (χ1) is 9.43. The number of nitrogens with zero attached hydrogens (tertiary/aromatic N) is 1. The zero-order chi connectivity index (χ0) is 15.1. The third-order valence-electron chi connectivity index (χ3n) is 2.66. The van der Waals surface area contributed by atoms with Crippen LogP contribution in [-0.2, 0) is 14.3 Å². The molecule has 0 aliphatic carbocycles. The third kappa shape index (κ3) is 4.72. The Balaban J connectivity index is 2.71. The molecule has 6 nitrogen and oxygen atoms in total. The van der Waals surface area contributed by atoms with Crippen LogP contribution in [0.2, 0.25) is 0 Å². The number of ether oxygens (including phenoxy) is 1. The first kappa shape index (κ1) is 15.7. The van der Waals surface area contributed by atoms with E-state index in [0.717, 1.165) is 0 Å². The molecular formula is C14H18N2O4. The molecule has 0 bridgehead atoms. The molecule has 1 aromatic carbocycles. The standard InChI is InChI=1S/C14H18N2O4/c1-10(17)15-12-6-4-5-11(9-12)14(19)16(2)8-7-13(18)20-3/h4-6,9H,7-8H2,1-3H3,(H,15,17). The lowest BCUT2D eigenvalue weighted by atomic mass is 10.1. The molecule has 0 spiro atoms. The summed E-state index contributed by atoms with van der Waals surface area (Å²) in [5.74, 6) is -0.786. The maximum absolute atomic E-state index is 12.1. The first-order valence-corrected chi connectivity index (χ1v) is 6.14. The Labute approximate surface area is 117 Å². The number of amides is 2. The summed E-state index contributed by atoms with van der Waals surface area (Å²) in [4.78, 5) is 35.6. The van der Waals surface area contributed by atoms with E-state index in [0.29, 0.717) is 11.3 Å². The monoisotopic (exact) mass is 278 g/mol. The summed E-state index contributed by atoms with van der Waals surface area (Å²) in [7, 11) is 2.91. The molecule has 0 heterocycles. The van der Waals surface area contributed by atoms with E-state index in [-0.39, 0.29) is 30.7 Å². The number of hydrogen-bond acceptors (Lipinski definition) is 4. The predicted octanol–water partition coefficient (Wildman–Crippen LogP) is 1.28. The molecule has 0 radical (unpaired) electrons. The van der Waals surface area contributed by atoms with Gasteiger partial charge in [-0.05, 0) is 18.2 Å². The Kier molecular flexibility index (Phi) is 5.71. The maximum Gasteiger partial charge on any atom is 0.307 e. The minimum absolute atomic E-state index is 0.143. The Hall–Kier alpha value is -2.37. The van der Waals surface area contributed by atoms with Gasteiger partial charge in [0, 0.05) is 31.8 Å². The van der Waals surface area contributed by atoms with E-state index in [4.69, 9.17) is 0 Å². The summed E-state index contributed by atoms with van der Waals surface area (Å²) < 4.78 is 4.52. The van der Waals surface area contributed by atoms with Gasteiger partial charge in [-0.1, -0.05) is 6.07 Å². The van der Waals surface area contributed by atoms with Crippen LogP contribution < -0.4 is 5.32 Å². The predicted molar refractivity (Wildman–Crippen MR) is 74.3 cm³/mol. The number of nitrogens with one attached hydrogen (secondary N) is 1. The van der Waals surface area contributed by atoms with Gasteiger partial charge in [-0.2, -0.15) is 0 Å². The molecule has 0 saturated heterocycles. The Morgan fingerprint density at radius 2 is 2.00 bits per heavy atom. The molecular weight excluding hydrogens is 260 g/mol. The van der Waals surface area contributed by atoms with Crippen molar-refractivity contribution >= 4 is 23.5 Å². The average molecular weight is 278 g/mol. The summed E-state index contributed by atoms with van der Waals surface area (Å²) in [6.45, 7) is 1.67. The van der Waals surface area contributed by atoms with Gasteiger partial charge < -0.3 is 15.0 Å². The van der Waals surface area contributed by atoms with E-state index in [2.05, 4.69) is 10.1 Å². The van der Waals surface area contributed by atoms with Crippen LogP contribution in [0.25, 0.3) is 0 Å². The molecule has 1 aromatic rings. The largest absolute Gasteiger partial charge is 0.469 e. The van der Waals surface area contributed by atoms with E-state index in [1.807, 2.05) is 0 Å². The fourth-order valence-electron chi connectivity index (χ4n) is 1.62. The van der Waals surface area contributed by atoms with Crippen molar-refractivity contribution in [1.82, 2.24) is 4.90 Å². The first-order valence-electron chi connectivity index (χ1n) is 6.14. The second-order valence-electron chi connectivity index (χ2n) is 4.31. The van der Waals surface area contributed by atoms with Crippen molar-refractivity contribution in [3.63, 3.8) is 0 Å². The number of rotatable bonds is 5. The van der Waals surface area contributed by atoms with Crippen LogP contribution in [0.5, 0.6) is 0 Å². The summed E-state index contributed by atoms with van der Waals surface area (Å²) in [5.41, 5.74) is 1.01. The Morgan fingerprint density at radius 1 is 1.30 bits per heavy atom. The minimum Gasteiger partial charge on any atom is -0.469 e. The lowest BCUT2D eigenvalue weighted by Crippen LogP contribution is -2.29. The SMILES string of the molecule is COC(=O)CCN(C)C(=O)c1cccc(NC(C)=O)c1. The fourth-order valence-corrected chi connectivity index (χ4v) is 1.62. The van der Waals surface area contributed by atoms with Crippen molar-refractivity contribution in [1.29, 1.82) is 0 Å². The number of methoxy groups -OCH3 is 1. The molecule has 0 atom stereocenters. The van der Waals surface area contributed by atoms with Crippen molar-refractivity contribution in [2.45, 2.75) is 13.3 Å². The van der Waals surface area contributed by atoms with Crippen LogP contribution in [0.4, 0.5) is 5.69 Å². The molecule has 1 N–H and O–H groups in total. The van der Waals surface area contributed by atoms with E-state index in [9.17, 15) is 14.4 Å². The number of esters is 1. The average Bonchev–Trinajstić information content (AvgIpc) is 2.43. The van der Waals surface area contributed by atoms with Crippen molar-refractivity contribution < 1.29 is 19.1 Å². The van der Waals surface area contributed by atoms with Crippen molar-refractivity contribution in [3.05, 3.63) is 29.8 Å². The van der Waals surface area contributed by atoms with Crippen LogP contribution in [0, 0.1) is 0 Å². The molecule has 0 aliphatic heterocycles. The van der Waals surface area contributed by atoms with Gasteiger partial charge in [0.15, 0.2) is 0 Å². The molecule has 6 heteroatoms. The van der Waals surface area contributed by atoms with Crippen LogP contribution in [-0.4, -0.2) is 43.4 Å². The minimum atomic E-state index is -0.364.